The van der Waals surface area contributed by atoms with E-state index in [1.807, 2.05) is 18.2 Å². The van der Waals surface area contributed by atoms with Crippen LogP contribution in [0.15, 0.2) is 53.5 Å². The zero-order valence-electron chi connectivity index (χ0n) is 15.6. The summed E-state index contributed by atoms with van der Waals surface area (Å²) in [6, 6.07) is 15.1. The molecule has 1 atom stereocenters. The van der Waals surface area contributed by atoms with Gasteiger partial charge in [0.05, 0.1) is 19.3 Å². The molecule has 0 saturated heterocycles. The number of carbonyl (C=O) groups excluding carboxylic acids is 1. The second-order valence-corrected chi connectivity index (χ2v) is 5.90. The van der Waals surface area contributed by atoms with E-state index in [2.05, 4.69) is 24.0 Å². The van der Waals surface area contributed by atoms with Crippen molar-refractivity contribution >= 4 is 17.5 Å². The highest BCUT2D eigenvalue weighted by Gasteiger charge is 2.17. The number of hydrogen-bond donors (Lipinski definition) is 1. The van der Waals surface area contributed by atoms with Crippen molar-refractivity contribution in [3.63, 3.8) is 0 Å². The van der Waals surface area contributed by atoms with Crippen molar-refractivity contribution in [2.45, 2.75) is 32.6 Å². The van der Waals surface area contributed by atoms with Crippen LogP contribution in [0.25, 0.3) is 0 Å². The van der Waals surface area contributed by atoms with Gasteiger partial charge in [-0.1, -0.05) is 43.7 Å². The van der Waals surface area contributed by atoms with Crippen LogP contribution in [0.2, 0.25) is 0 Å². The molecule has 2 aromatic rings. The molecule has 0 saturated carbocycles. The molecule has 0 spiro atoms. The van der Waals surface area contributed by atoms with Gasteiger partial charge in [0, 0.05) is 5.92 Å². The fourth-order valence-electron chi connectivity index (χ4n) is 2.80. The molecule has 2 rings (SSSR count). The summed E-state index contributed by atoms with van der Waals surface area (Å²) in [5.41, 5.74) is 8.42. The second kappa shape index (κ2) is 9.61. The van der Waals surface area contributed by atoms with Crippen molar-refractivity contribution in [1.82, 2.24) is 0 Å². The van der Waals surface area contributed by atoms with E-state index in [9.17, 15) is 4.79 Å². The van der Waals surface area contributed by atoms with E-state index >= 15 is 0 Å². The average molecular weight is 354 g/mol. The van der Waals surface area contributed by atoms with E-state index in [4.69, 9.17) is 15.2 Å². The molecule has 1 unspecified atom stereocenters. The molecule has 5 nitrogen and oxygen atoms in total. The monoisotopic (exact) mass is 354 g/mol. The Balaban J connectivity index is 2.41. The minimum Gasteiger partial charge on any atom is -0.494 e. The molecule has 0 aliphatic rings. The lowest BCUT2D eigenvalue weighted by Crippen LogP contribution is -2.21. The lowest BCUT2D eigenvalue weighted by Gasteiger charge is -2.17. The number of ether oxygens (including phenoxy) is 2. The normalized spacial score (nSPS) is 12.5. The number of esters is 1. The SMILES string of the molecule is CCCC(C(N)=Nc1cc(C(=O)OCC)ccc1OC)c1ccccc1. The van der Waals surface area contributed by atoms with Gasteiger partial charge in [0.1, 0.15) is 17.3 Å². The number of aliphatic imine (C=N–C) groups is 1. The van der Waals surface area contributed by atoms with Crippen LogP contribution in [-0.2, 0) is 4.74 Å². The van der Waals surface area contributed by atoms with Crippen LogP contribution < -0.4 is 10.5 Å². The third-order valence-electron chi connectivity index (χ3n) is 4.08. The van der Waals surface area contributed by atoms with Crippen LogP contribution in [0, 0.1) is 0 Å². The highest BCUT2D eigenvalue weighted by Crippen LogP contribution is 2.31. The van der Waals surface area contributed by atoms with Crippen LogP contribution in [-0.4, -0.2) is 25.5 Å². The third kappa shape index (κ3) is 4.85. The molecule has 0 aromatic heterocycles. The van der Waals surface area contributed by atoms with Crippen molar-refractivity contribution in [2.24, 2.45) is 10.7 Å². The smallest absolute Gasteiger partial charge is 0.338 e. The third-order valence-corrected chi connectivity index (χ3v) is 4.08. The maximum Gasteiger partial charge on any atom is 0.338 e. The van der Waals surface area contributed by atoms with Gasteiger partial charge in [0.2, 0.25) is 0 Å². The summed E-state index contributed by atoms with van der Waals surface area (Å²) in [5.74, 6) is 0.678. The topological polar surface area (TPSA) is 73.9 Å². The Bertz CT molecular complexity index is 757. The number of amidine groups is 1. The maximum atomic E-state index is 12.0. The van der Waals surface area contributed by atoms with Gasteiger partial charge in [0.25, 0.3) is 0 Å². The number of benzene rings is 2. The summed E-state index contributed by atoms with van der Waals surface area (Å²) in [4.78, 5) is 16.6. The molecule has 5 heteroatoms. The van der Waals surface area contributed by atoms with E-state index in [1.54, 1.807) is 32.2 Å². The average Bonchev–Trinajstić information content (AvgIpc) is 2.66. The molecule has 0 amide bonds. The van der Waals surface area contributed by atoms with Crippen molar-refractivity contribution in [3.8, 4) is 5.75 Å². The molecule has 138 valence electrons. The summed E-state index contributed by atoms with van der Waals surface area (Å²) in [6.07, 6.45) is 1.87. The Morgan fingerprint density at radius 3 is 2.50 bits per heavy atom. The van der Waals surface area contributed by atoms with Crippen LogP contribution in [0.5, 0.6) is 5.75 Å². The highest BCUT2D eigenvalue weighted by molar-refractivity contribution is 5.93. The van der Waals surface area contributed by atoms with Gasteiger partial charge in [-0.2, -0.15) is 0 Å². The van der Waals surface area contributed by atoms with Gasteiger partial charge in [-0.3, -0.25) is 0 Å². The summed E-state index contributed by atoms with van der Waals surface area (Å²) in [7, 11) is 1.56. The quantitative estimate of drug-likeness (QED) is 0.432. The Labute approximate surface area is 154 Å². The number of nitrogens with zero attached hydrogens (tertiary/aromatic N) is 1. The first-order valence-corrected chi connectivity index (χ1v) is 8.84. The second-order valence-electron chi connectivity index (χ2n) is 5.90. The van der Waals surface area contributed by atoms with Crippen molar-refractivity contribution in [1.29, 1.82) is 0 Å². The molecule has 26 heavy (non-hydrogen) atoms. The lowest BCUT2D eigenvalue weighted by molar-refractivity contribution is 0.0526. The van der Waals surface area contributed by atoms with Gasteiger partial charge in [-0.25, -0.2) is 9.79 Å². The van der Waals surface area contributed by atoms with E-state index in [0.29, 0.717) is 29.4 Å². The molecule has 0 heterocycles. The molecular formula is C21H26N2O3. The predicted octanol–water partition coefficient (Wildman–Crippen LogP) is 4.44. The zero-order valence-corrected chi connectivity index (χ0v) is 15.6. The minimum absolute atomic E-state index is 0.0113. The number of carbonyl (C=O) groups is 1. The molecular weight excluding hydrogens is 328 g/mol. The summed E-state index contributed by atoms with van der Waals surface area (Å²) >= 11 is 0. The molecule has 2 N–H and O–H groups in total. The molecule has 0 aliphatic heterocycles. The molecule has 2 aromatic carbocycles. The first-order chi connectivity index (χ1) is 12.6. The van der Waals surface area contributed by atoms with E-state index < -0.39 is 5.97 Å². The Morgan fingerprint density at radius 1 is 1.15 bits per heavy atom. The Morgan fingerprint density at radius 2 is 1.88 bits per heavy atom. The Kier molecular flexibility index (Phi) is 7.21. The lowest BCUT2D eigenvalue weighted by atomic mass is 9.93. The maximum absolute atomic E-state index is 12.0. The number of nitrogens with two attached hydrogens (primary N) is 1. The van der Waals surface area contributed by atoms with Crippen LogP contribution in [0.1, 0.15) is 48.5 Å². The van der Waals surface area contributed by atoms with E-state index in [0.717, 1.165) is 18.4 Å². The number of hydrogen-bond acceptors (Lipinski definition) is 4. The van der Waals surface area contributed by atoms with E-state index in [-0.39, 0.29) is 5.92 Å². The predicted molar refractivity (Wildman–Crippen MR) is 104 cm³/mol. The fraction of sp³-hybridized carbons (Fsp3) is 0.333. The first-order valence-electron chi connectivity index (χ1n) is 8.84. The van der Waals surface area contributed by atoms with Gasteiger partial charge in [0.15, 0.2) is 0 Å². The first kappa shape index (κ1) is 19.5. The number of methoxy groups -OCH3 is 1. The van der Waals surface area contributed by atoms with Gasteiger partial charge in [-0.05, 0) is 37.1 Å². The highest BCUT2D eigenvalue weighted by atomic mass is 16.5. The van der Waals surface area contributed by atoms with E-state index in [1.165, 1.54) is 0 Å². The molecule has 0 aliphatic carbocycles. The molecule has 0 bridgehead atoms. The zero-order chi connectivity index (χ0) is 18.9. The summed E-state index contributed by atoms with van der Waals surface area (Å²) < 4.78 is 10.4. The summed E-state index contributed by atoms with van der Waals surface area (Å²) in [5, 5.41) is 0. The van der Waals surface area contributed by atoms with Crippen LogP contribution in [0.3, 0.4) is 0 Å². The van der Waals surface area contributed by atoms with Crippen molar-refractivity contribution < 1.29 is 14.3 Å². The largest absolute Gasteiger partial charge is 0.494 e. The minimum atomic E-state index is -0.390. The summed E-state index contributed by atoms with van der Waals surface area (Å²) in [6.45, 7) is 4.21. The van der Waals surface area contributed by atoms with Crippen LogP contribution >= 0.6 is 0 Å². The van der Waals surface area contributed by atoms with Crippen molar-refractivity contribution in [2.75, 3.05) is 13.7 Å². The van der Waals surface area contributed by atoms with Crippen molar-refractivity contribution in [3.05, 3.63) is 59.7 Å². The van der Waals surface area contributed by atoms with Gasteiger partial charge >= 0.3 is 5.97 Å². The standard InChI is InChI=1S/C21H26N2O3/c1-4-9-17(15-10-7-6-8-11-15)20(22)23-18-14-16(21(24)26-5-2)12-13-19(18)25-3/h6-8,10-14,17H,4-5,9H2,1-3H3,(H2,22,23). The number of rotatable bonds is 8. The Hall–Kier alpha value is -2.82. The van der Waals surface area contributed by atoms with Gasteiger partial charge in [-0.15, -0.1) is 0 Å². The van der Waals surface area contributed by atoms with Crippen LogP contribution in [0.4, 0.5) is 5.69 Å². The molecule has 0 radical (unpaired) electrons. The molecule has 0 fully saturated rings. The fourth-order valence-corrected chi connectivity index (χ4v) is 2.80. The van der Waals surface area contributed by atoms with Gasteiger partial charge < -0.3 is 15.2 Å².